The van der Waals surface area contributed by atoms with E-state index in [4.69, 9.17) is 14.2 Å². The van der Waals surface area contributed by atoms with Gasteiger partial charge in [0, 0.05) is 12.2 Å². The molecule has 0 unspecified atom stereocenters. The highest BCUT2D eigenvalue weighted by Crippen LogP contribution is 2.28. The van der Waals surface area contributed by atoms with Crippen molar-refractivity contribution in [3.63, 3.8) is 0 Å². The number of nitrogens with one attached hydrogen (secondary N) is 1. The van der Waals surface area contributed by atoms with Crippen molar-refractivity contribution in [2.45, 2.75) is 26.4 Å². The van der Waals surface area contributed by atoms with Crippen molar-refractivity contribution in [2.75, 3.05) is 33.2 Å². The molecule has 6 nitrogen and oxygen atoms in total. The molecule has 2 rings (SSSR count). The van der Waals surface area contributed by atoms with Crippen LogP contribution in [0.1, 0.15) is 19.4 Å². The second-order valence-corrected chi connectivity index (χ2v) is 6.23. The molecule has 0 heterocycles. The topological polar surface area (TPSA) is 60.0 Å². The number of amides is 1. The fourth-order valence-corrected chi connectivity index (χ4v) is 2.63. The van der Waals surface area contributed by atoms with Crippen LogP contribution in [0.15, 0.2) is 42.5 Å². The van der Waals surface area contributed by atoms with E-state index >= 15 is 0 Å². The minimum absolute atomic E-state index is 0.0689. The minimum atomic E-state index is -0.301. The molecule has 0 saturated carbocycles. The third kappa shape index (κ3) is 5.62. The van der Waals surface area contributed by atoms with Crippen molar-refractivity contribution in [3.8, 4) is 17.2 Å². The Balaban J connectivity index is 1.99. The Bertz CT molecular complexity index is 746. The van der Waals surface area contributed by atoms with E-state index in [9.17, 15) is 4.79 Å². The van der Waals surface area contributed by atoms with Gasteiger partial charge in [0.25, 0.3) is 0 Å². The Morgan fingerprint density at radius 3 is 2.37 bits per heavy atom. The summed E-state index contributed by atoms with van der Waals surface area (Å²) < 4.78 is 16.1. The van der Waals surface area contributed by atoms with Crippen LogP contribution in [0.2, 0.25) is 0 Å². The molecular formula is C21H28N2O4. The maximum atomic E-state index is 12.5. The molecule has 1 N–H and O–H groups in total. The summed E-state index contributed by atoms with van der Waals surface area (Å²) in [6, 6.07) is 12.8. The van der Waals surface area contributed by atoms with Crippen LogP contribution >= 0.6 is 0 Å². The zero-order chi connectivity index (χ0) is 19.8. The molecule has 0 bridgehead atoms. The van der Waals surface area contributed by atoms with Crippen LogP contribution < -0.4 is 19.5 Å². The Kier molecular flexibility index (Phi) is 7.49. The highest BCUT2D eigenvalue weighted by Gasteiger charge is 2.19. The molecule has 6 heteroatoms. The van der Waals surface area contributed by atoms with E-state index in [2.05, 4.69) is 5.32 Å². The number of rotatable bonds is 9. The van der Waals surface area contributed by atoms with Crippen molar-refractivity contribution in [2.24, 2.45) is 0 Å². The zero-order valence-electron chi connectivity index (χ0n) is 16.6. The van der Waals surface area contributed by atoms with Gasteiger partial charge in [0.2, 0.25) is 5.91 Å². The molecule has 146 valence electrons. The van der Waals surface area contributed by atoms with Gasteiger partial charge in [-0.3, -0.25) is 9.69 Å². The molecule has 0 aromatic heterocycles. The van der Waals surface area contributed by atoms with Crippen LogP contribution in [0.25, 0.3) is 0 Å². The van der Waals surface area contributed by atoms with E-state index in [1.807, 2.05) is 68.3 Å². The van der Waals surface area contributed by atoms with Gasteiger partial charge >= 0.3 is 0 Å². The van der Waals surface area contributed by atoms with Crippen LogP contribution in [-0.4, -0.2) is 44.7 Å². The molecule has 0 fully saturated rings. The van der Waals surface area contributed by atoms with Gasteiger partial charge in [0.15, 0.2) is 11.5 Å². The van der Waals surface area contributed by atoms with Gasteiger partial charge in [-0.2, -0.15) is 0 Å². The first-order valence-electron chi connectivity index (χ1n) is 8.93. The number of likely N-dealkylation sites (N-methyl/N-ethyl adjacent to an activating group) is 1. The number of hydrogen-bond donors (Lipinski definition) is 1. The summed E-state index contributed by atoms with van der Waals surface area (Å²) in [5.74, 6) is 2.10. The molecule has 2 aromatic rings. The van der Waals surface area contributed by atoms with Crippen molar-refractivity contribution >= 4 is 11.6 Å². The molecule has 0 aliphatic rings. The Hall–Kier alpha value is -2.73. The summed E-state index contributed by atoms with van der Waals surface area (Å²) in [6.45, 7) is 5.01. The lowest BCUT2D eigenvalue weighted by molar-refractivity contribution is -0.120. The minimum Gasteiger partial charge on any atom is -0.497 e. The van der Waals surface area contributed by atoms with Gasteiger partial charge < -0.3 is 19.5 Å². The number of ether oxygens (including phenoxy) is 3. The fraction of sp³-hybridized carbons (Fsp3) is 0.381. The normalized spacial score (nSPS) is 11.8. The fourth-order valence-electron chi connectivity index (χ4n) is 2.63. The smallest absolute Gasteiger partial charge is 0.241 e. The van der Waals surface area contributed by atoms with Crippen LogP contribution in [0.5, 0.6) is 17.2 Å². The standard InChI is InChI=1S/C21H28N2O4/c1-6-27-19-12-7-16(13-20(19)26-5)14-23(3)15(2)21(24)22-17-8-10-18(25-4)11-9-17/h7-13,15H,6,14H2,1-5H3,(H,22,24)/t15-/m1/s1. The molecular weight excluding hydrogens is 344 g/mol. The lowest BCUT2D eigenvalue weighted by Gasteiger charge is -2.24. The maximum absolute atomic E-state index is 12.5. The SMILES string of the molecule is CCOc1ccc(CN(C)[C@H](C)C(=O)Nc2ccc(OC)cc2)cc1OC. The van der Waals surface area contributed by atoms with Gasteiger partial charge in [-0.15, -0.1) is 0 Å². The first-order valence-corrected chi connectivity index (χ1v) is 8.93. The quantitative estimate of drug-likeness (QED) is 0.729. The number of hydrogen-bond acceptors (Lipinski definition) is 5. The van der Waals surface area contributed by atoms with E-state index in [0.29, 0.717) is 18.9 Å². The first-order chi connectivity index (χ1) is 13.0. The van der Waals surface area contributed by atoms with Gasteiger partial charge in [0.05, 0.1) is 26.9 Å². The van der Waals surface area contributed by atoms with Crippen molar-refractivity contribution in [3.05, 3.63) is 48.0 Å². The second-order valence-electron chi connectivity index (χ2n) is 6.23. The highest BCUT2D eigenvalue weighted by atomic mass is 16.5. The summed E-state index contributed by atoms with van der Waals surface area (Å²) in [7, 11) is 5.15. The Labute approximate surface area is 161 Å². The van der Waals surface area contributed by atoms with Crippen molar-refractivity contribution in [1.82, 2.24) is 4.90 Å². The summed E-state index contributed by atoms with van der Waals surface area (Å²) in [5.41, 5.74) is 1.78. The number of carbonyl (C=O) groups is 1. The molecule has 0 saturated heterocycles. The monoisotopic (exact) mass is 372 g/mol. The number of carbonyl (C=O) groups excluding carboxylic acids is 1. The van der Waals surface area contributed by atoms with Gasteiger partial charge in [-0.05, 0) is 62.9 Å². The predicted molar refractivity (Wildman–Crippen MR) is 107 cm³/mol. The van der Waals surface area contributed by atoms with Gasteiger partial charge in [-0.1, -0.05) is 6.07 Å². The summed E-state index contributed by atoms with van der Waals surface area (Å²) in [6.07, 6.45) is 0. The van der Waals surface area contributed by atoms with E-state index in [1.165, 1.54) is 0 Å². The average Bonchev–Trinajstić information content (AvgIpc) is 2.69. The Morgan fingerprint density at radius 2 is 1.78 bits per heavy atom. The molecule has 0 radical (unpaired) electrons. The maximum Gasteiger partial charge on any atom is 0.241 e. The molecule has 1 atom stereocenters. The van der Waals surface area contributed by atoms with Gasteiger partial charge in [-0.25, -0.2) is 0 Å². The Morgan fingerprint density at radius 1 is 1.07 bits per heavy atom. The lowest BCUT2D eigenvalue weighted by atomic mass is 10.1. The molecule has 0 aliphatic carbocycles. The predicted octanol–water partition coefficient (Wildman–Crippen LogP) is 3.56. The molecule has 0 spiro atoms. The van der Waals surface area contributed by atoms with Crippen LogP contribution in [-0.2, 0) is 11.3 Å². The third-order valence-corrected chi connectivity index (χ3v) is 4.36. The van der Waals surface area contributed by atoms with E-state index in [0.717, 1.165) is 22.7 Å². The van der Waals surface area contributed by atoms with Crippen molar-refractivity contribution in [1.29, 1.82) is 0 Å². The average molecular weight is 372 g/mol. The van der Waals surface area contributed by atoms with Crippen LogP contribution in [0.3, 0.4) is 0 Å². The highest BCUT2D eigenvalue weighted by molar-refractivity contribution is 5.94. The number of nitrogens with zero attached hydrogens (tertiary/aromatic N) is 1. The van der Waals surface area contributed by atoms with Gasteiger partial charge in [0.1, 0.15) is 5.75 Å². The third-order valence-electron chi connectivity index (χ3n) is 4.36. The number of anilines is 1. The number of benzene rings is 2. The second kappa shape index (κ2) is 9.83. The molecule has 1 amide bonds. The molecule has 0 aliphatic heterocycles. The van der Waals surface area contributed by atoms with Crippen LogP contribution in [0, 0.1) is 0 Å². The number of methoxy groups -OCH3 is 2. The molecule has 27 heavy (non-hydrogen) atoms. The largest absolute Gasteiger partial charge is 0.497 e. The van der Waals surface area contributed by atoms with E-state index in [1.54, 1.807) is 14.2 Å². The van der Waals surface area contributed by atoms with Crippen LogP contribution in [0.4, 0.5) is 5.69 Å². The summed E-state index contributed by atoms with van der Waals surface area (Å²) in [5, 5.41) is 2.93. The molecule has 2 aromatic carbocycles. The summed E-state index contributed by atoms with van der Waals surface area (Å²) in [4.78, 5) is 14.5. The first kappa shape index (κ1) is 20.6. The van der Waals surface area contributed by atoms with Crippen molar-refractivity contribution < 1.29 is 19.0 Å². The zero-order valence-corrected chi connectivity index (χ0v) is 16.6. The summed E-state index contributed by atoms with van der Waals surface area (Å²) >= 11 is 0. The van der Waals surface area contributed by atoms with E-state index < -0.39 is 0 Å². The van der Waals surface area contributed by atoms with E-state index in [-0.39, 0.29) is 11.9 Å². The lowest BCUT2D eigenvalue weighted by Crippen LogP contribution is -2.39.